The Balaban J connectivity index is 1.39. The van der Waals surface area contributed by atoms with Gasteiger partial charge in [-0.1, -0.05) is 41.6 Å². The van der Waals surface area contributed by atoms with Crippen LogP contribution in [0.15, 0.2) is 54.7 Å². The minimum Gasteiger partial charge on any atom is -0.368 e. The molecule has 0 aliphatic carbocycles. The Hall–Kier alpha value is -4.61. The number of carbonyl (C=O) groups excluding carboxylic acids is 2. The van der Waals surface area contributed by atoms with Gasteiger partial charge in [-0.3, -0.25) is 9.59 Å². The molecule has 0 spiro atoms. The van der Waals surface area contributed by atoms with E-state index in [0.717, 1.165) is 34.5 Å². The van der Waals surface area contributed by atoms with Gasteiger partial charge in [0.15, 0.2) is 0 Å². The Morgan fingerprint density at radius 3 is 2.84 bits per heavy atom. The van der Waals surface area contributed by atoms with E-state index < -0.39 is 0 Å². The third kappa shape index (κ3) is 5.24. The van der Waals surface area contributed by atoms with E-state index in [4.69, 9.17) is 17.3 Å². The van der Waals surface area contributed by atoms with Gasteiger partial charge in [-0.15, -0.1) is 0 Å². The van der Waals surface area contributed by atoms with Crippen LogP contribution in [-0.4, -0.2) is 32.9 Å². The van der Waals surface area contributed by atoms with Gasteiger partial charge in [0.05, 0.1) is 23.2 Å². The lowest BCUT2D eigenvalue weighted by Crippen LogP contribution is -2.31. The number of nitrogens with zero attached hydrogens (tertiary/aromatic N) is 3. The molecule has 0 fully saturated rings. The van der Waals surface area contributed by atoms with Crippen molar-refractivity contribution in [2.75, 3.05) is 17.6 Å². The average Bonchev–Trinajstić information content (AvgIpc) is 3.23. The van der Waals surface area contributed by atoms with Crippen LogP contribution in [0.25, 0.3) is 11.4 Å². The van der Waals surface area contributed by atoms with Crippen LogP contribution in [0, 0.1) is 18.8 Å². The Bertz CT molecular complexity index is 1650. The molecule has 2 aromatic heterocycles. The molecule has 0 atom stereocenters. The van der Waals surface area contributed by atoms with E-state index in [-0.39, 0.29) is 24.2 Å². The number of nitrogens with two attached hydrogens (primary N) is 1. The number of aryl methyl sites for hydroxylation is 1. The highest BCUT2D eigenvalue weighted by Gasteiger charge is 2.24. The molecule has 0 radical (unpaired) electrons. The molecule has 2 amide bonds. The number of nitrogens with one attached hydrogen (secondary N) is 2. The van der Waals surface area contributed by atoms with Gasteiger partial charge >= 0.3 is 0 Å². The zero-order valence-electron chi connectivity index (χ0n) is 20.9. The van der Waals surface area contributed by atoms with E-state index in [1.54, 1.807) is 12.3 Å². The monoisotopic (exact) mass is 524 g/mol. The predicted octanol–water partition coefficient (Wildman–Crippen LogP) is 3.89. The summed E-state index contributed by atoms with van der Waals surface area (Å²) in [7, 11) is 1.90. The molecule has 1 aliphatic rings. The average molecular weight is 525 g/mol. The first-order valence-corrected chi connectivity index (χ1v) is 12.4. The van der Waals surface area contributed by atoms with Gasteiger partial charge in [0.25, 0.3) is 5.91 Å². The molecular weight excluding hydrogens is 500 g/mol. The van der Waals surface area contributed by atoms with E-state index in [2.05, 4.69) is 32.4 Å². The van der Waals surface area contributed by atoms with Crippen LogP contribution in [-0.2, 0) is 24.7 Å². The number of benzene rings is 2. The number of anilines is 2. The van der Waals surface area contributed by atoms with Gasteiger partial charge in [-0.25, -0.2) is 9.97 Å². The molecule has 8 nitrogen and oxygen atoms in total. The normalized spacial score (nSPS) is 12.2. The van der Waals surface area contributed by atoms with Gasteiger partial charge in [-0.05, 0) is 48.4 Å². The van der Waals surface area contributed by atoms with Crippen molar-refractivity contribution in [1.29, 1.82) is 0 Å². The van der Waals surface area contributed by atoms with E-state index >= 15 is 0 Å². The van der Waals surface area contributed by atoms with E-state index in [0.29, 0.717) is 34.1 Å². The summed E-state index contributed by atoms with van der Waals surface area (Å²) in [6.45, 7) is 2.50. The van der Waals surface area contributed by atoms with Crippen LogP contribution in [0.3, 0.4) is 0 Å². The van der Waals surface area contributed by atoms with E-state index in [1.807, 2.05) is 61.0 Å². The highest BCUT2D eigenvalue weighted by atomic mass is 35.5. The summed E-state index contributed by atoms with van der Waals surface area (Å²) >= 11 is 6.16. The number of amides is 2. The number of halogens is 1. The minimum atomic E-state index is -0.152. The Morgan fingerprint density at radius 1 is 1.21 bits per heavy atom. The third-order valence-electron chi connectivity index (χ3n) is 6.39. The van der Waals surface area contributed by atoms with Crippen molar-refractivity contribution >= 4 is 35.1 Å². The molecule has 1 aliphatic heterocycles. The lowest BCUT2D eigenvalue weighted by molar-refractivity contribution is -0.115. The smallest absolute Gasteiger partial charge is 0.253 e. The van der Waals surface area contributed by atoms with Crippen LogP contribution in [0.2, 0.25) is 5.02 Å². The van der Waals surface area contributed by atoms with Crippen molar-refractivity contribution in [1.82, 2.24) is 19.9 Å². The molecule has 2 aromatic carbocycles. The summed E-state index contributed by atoms with van der Waals surface area (Å²) in [6, 6.07) is 14.7. The van der Waals surface area contributed by atoms with Gasteiger partial charge < -0.3 is 20.9 Å². The number of rotatable bonds is 4. The summed E-state index contributed by atoms with van der Waals surface area (Å²) in [5.74, 6) is 6.16. The molecule has 4 N–H and O–H groups in total. The van der Waals surface area contributed by atoms with Crippen molar-refractivity contribution in [2.45, 2.75) is 19.8 Å². The summed E-state index contributed by atoms with van der Waals surface area (Å²) < 4.78 is 1.96. The second kappa shape index (κ2) is 10.4. The maximum absolute atomic E-state index is 12.6. The van der Waals surface area contributed by atoms with Crippen LogP contribution in [0.5, 0.6) is 0 Å². The first-order chi connectivity index (χ1) is 18.3. The number of carbonyl (C=O) groups is 2. The highest BCUT2D eigenvalue weighted by molar-refractivity contribution is 6.31. The summed E-state index contributed by atoms with van der Waals surface area (Å²) in [6.07, 6.45) is 2.51. The van der Waals surface area contributed by atoms with Crippen molar-refractivity contribution in [3.8, 4) is 23.2 Å². The topological polar surface area (TPSA) is 115 Å². The lowest BCUT2D eigenvalue weighted by Gasteiger charge is -2.14. The second-order valence-electron chi connectivity index (χ2n) is 9.08. The zero-order chi connectivity index (χ0) is 26.8. The van der Waals surface area contributed by atoms with Gasteiger partial charge in [0, 0.05) is 48.2 Å². The number of nitrogen functional groups attached to an aromatic ring is 1. The molecular formula is C29H25ClN6O2. The first-order valence-electron chi connectivity index (χ1n) is 12.0. The van der Waals surface area contributed by atoms with Gasteiger partial charge in [0.2, 0.25) is 11.9 Å². The molecule has 0 unspecified atom stereocenters. The molecule has 9 heteroatoms. The van der Waals surface area contributed by atoms with Crippen LogP contribution in [0.4, 0.5) is 11.6 Å². The molecule has 0 saturated heterocycles. The van der Waals surface area contributed by atoms with Crippen molar-refractivity contribution in [2.24, 2.45) is 7.05 Å². The number of aromatic nitrogens is 3. The predicted molar refractivity (Wildman–Crippen MR) is 148 cm³/mol. The standard InChI is InChI=1S/C29H25ClN6O2/c1-17-6-9-21(14-23(17)30)34-26(37)13-19-5-3-4-18(12-19)7-8-20-16-33-29(31)35-27(20)25-15-22-24(36(25)2)10-11-32-28(22)38/h3-6,9,12,14-16H,10-11,13H2,1-2H3,(H,32,38)(H,34,37)(H2,31,33,35). The Kier molecular flexibility index (Phi) is 6.86. The zero-order valence-corrected chi connectivity index (χ0v) is 21.7. The fourth-order valence-electron chi connectivity index (χ4n) is 4.40. The third-order valence-corrected chi connectivity index (χ3v) is 6.80. The molecule has 0 saturated carbocycles. The van der Waals surface area contributed by atoms with E-state index in [1.165, 1.54) is 0 Å². The molecule has 5 rings (SSSR count). The minimum absolute atomic E-state index is 0.103. The summed E-state index contributed by atoms with van der Waals surface area (Å²) in [5.41, 5.74) is 12.5. The lowest BCUT2D eigenvalue weighted by atomic mass is 10.1. The van der Waals surface area contributed by atoms with Crippen molar-refractivity contribution < 1.29 is 9.59 Å². The van der Waals surface area contributed by atoms with Gasteiger partial charge in [-0.2, -0.15) is 0 Å². The highest BCUT2D eigenvalue weighted by Crippen LogP contribution is 2.28. The van der Waals surface area contributed by atoms with Crippen LogP contribution in [0.1, 0.15) is 38.3 Å². The first kappa shape index (κ1) is 25.1. The molecule has 0 bridgehead atoms. The molecule has 4 aromatic rings. The summed E-state index contributed by atoms with van der Waals surface area (Å²) in [5, 5.41) is 6.35. The Morgan fingerprint density at radius 2 is 2.05 bits per heavy atom. The van der Waals surface area contributed by atoms with E-state index in [9.17, 15) is 9.59 Å². The SMILES string of the molecule is Cc1ccc(NC(=O)Cc2cccc(C#Cc3cnc(N)nc3-c3cc4c(n3C)CCNC4=O)c2)cc1Cl. The molecule has 38 heavy (non-hydrogen) atoms. The number of fused-ring (bicyclic) bond motifs is 1. The second-order valence-corrected chi connectivity index (χ2v) is 9.49. The maximum atomic E-state index is 12.6. The van der Waals surface area contributed by atoms with Crippen molar-refractivity contribution in [3.63, 3.8) is 0 Å². The Labute approximate surface area is 225 Å². The fourth-order valence-corrected chi connectivity index (χ4v) is 4.58. The molecule has 3 heterocycles. The van der Waals surface area contributed by atoms with Crippen LogP contribution >= 0.6 is 11.6 Å². The van der Waals surface area contributed by atoms with Gasteiger partial charge in [0.1, 0.15) is 5.69 Å². The van der Waals surface area contributed by atoms with Crippen LogP contribution < -0.4 is 16.4 Å². The largest absolute Gasteiger partial charge is 0.368 e. The fraction of sp³-hybridized carbons (Fsp3) is 0.172. The quantitative estimate of drug-likeness (QED) is 0.350. The number of hydrogen-bond acceptors (Lipinski definition) is 5. The summed E-state index contributed by atoms with van der Waals surface area (Å²) in [4.78, 5) is 33.5. The number of hydrogen-bond donors (Lipinski definition) is 3. The maximum Gasteiger partial charge on any atom is 0.253 e. The molecule has 190 valence electrons. The van der Waals surface area contributed by atoms with Crippen molar-refractivity contribution in [3.05, 3.63) is 93.3 Å².